The summed E-state index contributed by atoms with van der Waals surface area (Å²) in [4.78, 5) is 102. The van der Waals surface area contributed by atoms with Gasteiger partial charge in [0.15, 0.2) is 6.17 Å². The van der Waals surface area contributed by atoms with Gasteiger partial charge in [-0.15, -0.1) is 0 Å². The molecule has 0 fully saturated rings. The summed E-state index contributed by atoms with van der Waals surface area (Å²) in [6, 6.07) is 11.1. The lowest BCUT2D eigenvalue weighted by Crippen LogP contribution is -2.62. The molecule has 0 aliphatic heterocycles. The van der Waals surface area contributed by atoms with Crippen molar-refractivity contribution in [2.75, 3.05) is 26.7 Å². The molecule has 7 amide bonds. The third-order valence-corrected chi connectivity index (χ3v) is 9.74. The van der Waals surface area contributed by atoms with Crippen molar-refractivity contribution < 1.29 is 52.9 Å². The topological polar surface area (TPSA) is 285 Å². The Morgan fingerprint density at radius 3 is 1.92 bits per heavy atom. The van der Waals surface area contributed by atoms with Crippen LogP contribution in [0.2, 0.25) is 0 Å². The molecular formula is C46H70N8O11. The van der Waals surface area contributed by atoms with E-state index in [0.29, 0.717) is 18.4 Å². The summed E-state index contributed by atoms with van der Waals surface area (Å²) in [5.74, 6) is -5.99. The van der Waals surface area contributed by atoms with E-state index in [-0.39, 0.29) is 38.5 Å². The lowest BCUT2D eigenvalue weighted by molar-refractivity contribution is -0.144. The van der Waals surface area contributed by atoms with Gasteiger partial charge in [-0.3, -0.25) is 28.8 Å². The predicted octanol–water partition coefficient (Wildman–Crippen LogP) is 2.65. The highest BCUT2D eigenvalue weighted by atomic mass is 16.6. The smallest absolute Gasteiger partial charge is 0.407 e. The zero-order chi connectivity index (χ0) is 48.7. The van der Waals surface area contributed by atoms with Crippen LogP contribution in [0, 0.1) is 5.92 Å². The highest BCUT2D eigenvalue weighted by Crippen LogP contribution is 2.21. The molecule has 65 heavy (non-hydrogen) atoms. The van der Waals surface area contributed by atoms with Gasteiger partial charge in [0.2, 0.25) is 23.6 Å². The Morgan fingerprint density at radius 2 is 1.35 bits per heavy atom. The van der Waals surface area contributed by atoms with Gasteiger partial charge in [-0.1, -0.05) is 63.6 Å². The fraction of sp³-hybridized carbons (Fsp3) is 0.565. The highest BCUT2D eigenvalue weighted by Gasteiger charge is 2.34. The first-order valence-electron chi connectivity index (χ1n) is 22.1. The van der Waals surface area contributed by atoms with E-state index in [1.165, 1.54) is 19.5 Å². The zero-order valence-corrected chi connectivity index (χ0v) is 39.0. The lowest BCUT2D eigenvalue weighted by Gasteiger charge is -2.28. The van der Waals surface area contributed by atoms with Crippen molar-refractivity contribution in [2.24, 2.45) is 11.7 Å². The number of carboxylic acids is 1. The van der Waals surface area contributed by atoms with Crippen LogP contribution in [0.15, 0.2) is 48.5 Å². The summed E-state index contributed by atoms with van der Waals surface area (Å²) in [6.45, 7) is 12.9. The van der Waals surface area contributed by atoms with Gasteiger partial charge >= 0.3 is 12.1 Å². The molecule has 0 aliphatic rings. The maximum absolute atomic E-state index is 14.0. The Kier molecular flexibility index (Phi) is 23.7. The monoisotopic (exact) mass is 911 g/mol. The molecule has 2 aromatic carbocycles. The molecule has 0 saturated carbocycles. The van der Waals surface area contributed by atoms with Crippen molar-refractivity contribution >= 4 is 47.5 Å². The van der Waals surface area contributed by atoms with Crippen LogP contribution in [-0.4, -0.2) is 115 Å². The number of benzene rings is 2. The number of carbonyl (C=O) groups is 8. The fourth-order valence-corrected chi connectivity index (χ4v) is 6.11. The third kappa shape index (κ3) is 21.4. The summed E-state index contributed by atoms with van der Waals surface area (Å²) < 4.78 is 11.1. The minimum atomic E-state index is -1.81. The standard InChI is InChI=1S/C46H70N8O11/c1-9-10-13-30-15-17-31(18-16-30)32-19-21-33(22-20-32)40(57)49-25-23-36(55)51-34(14-11-12-24-50-45(63)65-46(5,6)7)41(58)53-38(29(4)64-27-28(2)3)42(59)54-39(47)43(60)52-35(44(61)62)26-37(56)48-8/h15-22,28-29,34-35,38-39H,9-14,23-27,47H2,1-8H3,(H,48,56)(H,49,57)(H,50,63)(H,51,55)(H,52,60)(H,53,58)(H,54,59)(H,61,62)/t29-,34+,35+,38+,39-/m1/s1. The van der Waals surface area contributed by atoms with Gasteiger partial charge in [0.05, 0.1) is 12.5 Å². The van der Waals surface area contributed by atoms with Crippen LogP contribution < -0.4 is 43.0 Å². The molecule has 0 saturated heterocycles. The minimum Gasteiger partial charge on any atom is -0.480 e. The molecule has 0 aromatic heterocycles. The van der Waals surface area contributed by atoms with Crippen molar-refractivity contribution in [1.29, 1.82) is 0 Å². The van der Waals surface area contributed by atoms with Crippen LogP contribution in [0.25, 0.3) is 11.1 Å². The zero-order valence-electron chi connectivity index (χ0n) is 39.0. The van der Waals surface area contributed by atoms with Gasteiger partial charge in [-0.25, -0.2) is 9.59 Å². The molecule has 0 heterocycles. The molecule has 2 aromatic rings. The quantitative estimate of drug-likeness (QED) is 0.0462. The third-order valence-electron chi connectivity index (χ3n) is 9.74. The van der Waals surface area contributed by atoms with Gasteiger partial charge in [0.25, 0.3) is 11.8 Å². The Bertz CT molecular complexity index is 1880. The average molecular weight is 911 g/mol. The van der Waals surface area contributed by atoms with Crippen LogP contribution in [0.3, 0.4) is 0 Å². The SMILES string of the molecule is CCCCc1ccc(-c2ccc(C(=O)NCCC(=O)N[C@@H](CCCCNC(=O)OC(C)(C)C)C(=O)N[C@H](C(=O)N[C@@H](N)C(=O)N[C@@H](CC(=O)NC)C(=O)O)[C@@H](C)OCC(C)C)cc2)cc1. The Hall–Kier alpha value is -6.08. The van der Waals surface area contributed by atoms with E-state index in [2.05, 4.69) is 68.4 Å². The Balaban J connectivity index is 2.18. The van der Waals surface area contributed by atoms with Gasteiger partial charge in [-0.05, 0) is 94.5 Å². The summed E-state index contributed by atoms with van der Waals surface area (Å²) in [6.07, 6.45) is -0.179. The van der Waals surface area contributed by atoms with Crippen molar-refractivity contribution in [3.63, 3.8) is 0 Å². The largest absolute Gasteiger partial charge is 0.480 e. The molecular weight excluding hydrogens is 841 g/mol. The molecule has 19 heteroatoms. The predicted molar refractivity (Wildman–Crippen MR) is 244 cm³/mol. The van der Waals surface area contributed by atoms with Crippen molar-refractivity contribution in [2.45, 2.75) is 136 Å². The number of aliphatic carboxylic acids is 1. The van der Waals surface area contributed by atoms with E-state index in [1.807, 2.05) is 26.0 Å². The first-order chi connectivity index (χ1) is 30.6. The number of nitrogens with one attached hydrogen (secondary N) is 7. The number of hydrogen-bond acceptors (Lipinski definition) is 11. The number of nitrogens with two attached hydrogens (primary N) is 1. The van der Waals surface area contributed by atoms with E-state index in [1.54, 1.807) is 32.9 Å². The number of alkyl carbamates (subject to hydrolysis) is 1. The van der Waals surface area contributed by atoms with E-state index in [0.717, 1.165) is 30.4 Å². The maximum Gasteiger partial charge on any atom is 0.407 e. The van der Waals surface area contributed by atoms with Crippen molar-refractivity contribution in [3.05, 3.63) is 59.7 Å². The van der Waals surface area contributed by atoms with Crippen molar-refractivity contribution in [1.82, 2.24) is 37.2 Å². The molecule has 0 spiro atoms. The Morgan fingerprint density at radius 1 is 0.723 bits per heavy atom. The van der Waals surface area contributed by atoms with Gasteiger partial charge in [0, 0.05) is 38.7 Å². The van der Waals surface area contributed by atoms with Crippen LogP contribution in [0.4, 0.5) is 4.79 Å². The average Bonchev–Trinajstić information content (AvgIpc) is 3.25. The molecule has 0 radical (unpaired) electrons. The van der Waals surface area contributed by atoms with Crippen LogP contribution in [-0.2, 0) is 44.7 Å². The Labute approximate surface area is 381 Å². The van der Waals surface area contributed by atoms with Crippen LogP contribution in [0.1, 0.15) is 109 Å². The highest BCUT2D eigenvalue weighted by molar-refractivity contribution is 5.96. The van der Waals surface area contributed by atoms with Crippen LogP contribution >= 0.6 is 0 Å². The van der Waals surface area contributed by atoms with E-state index in [4.69, 9.17) is 15.2 Å². The van der Waals surface area contributed by atoms with Gasteiger partial charge in [-0.2, -0.15) is 0 Å². The minimum absolute atomic E-state index is 0.0253. The summed E-state index contributed by atoms with van der Waals surface area (Å²) >= 11 is 0. The maximum atomic E-state index is 14.0. The molecule has 2 rings (SSSR count). The lowest BCUT2D eigenvalue weighted by atomic mass is 10.0. The molecule has 5 atom stereocenters. The first kappa shape index (κ1) is 55.1. The molecule has 360 valence electrons. The second kappa shape index (κ2) is 28.0. The van der Waals surface area contributed by atoms with Gasteiger partial charge in [0.1, 0.15) is 23.7 Å². The van der Waals surface area contributed by atoms with E-state index in [9.17, 15) is 43.5 Å². The second-order valence-electron chi connectivity index (χ2n) is 17.1. The number of amides is 7. The molecule has 0 bridgehead atoms. The second-order valence-corrected chi connectivity index (χ2v) is 17.1. The first-order valence-corrected chi connectivity index (χ1v) is 22.1. The van der Waals surface area contributed by atoms with Crippen molar-refractivity contribution in [3.8, 4) is 11.1 Å². The number of aryl methyl sites for hydroxylation is 1. The molecule has 19 nitrogen and oxygen atoms in total. The number of carboxylic acid groups (broad SMARTS) is 1. The molecule has 10 N–H and O–H groups in total. The van der Waals surface area contributed by atoms with Gasteiger partial charge < -0.3 is 57.5 Å². The fourth-order valence-electron chi connectivity index (χ4n) is 6.11. The molecule has 0 unspecified atom stereocenters. The number of ether oxygens (including phenoxy) is 2. The number of hydrogen-bond donors (Lipinski definition) is 9. The number of rotatable bonds is 27. The number of carbonyl (C=O) groups excluding carboxylic acids is 7. The summed E-state index contributed by atoms with van der Waals surface area (Å²) in [5, 5.41) is 26.8. The summed E-state index contributed by atoms with van der Waals surface area (Å²) in [7, 11) is 1.29. The van der Waals surface area contributed by atoms with Crippen LogP contribution in [0.5, 0.6) is 0 Å². The normalized spacial score (nSPS) is 13.5. The summed E-state index contributed by atoms with van der Waals surface area (Å²) in [5.41, 5.74) is 8.86. The van der Waals surface area contributed by atoms with E-state index < -0.39 is 89.9 Å². The molecule has 0 aliphatic carbocycles. The van der Waals surface area contributed by atoms with E-state index >= 15 is 0 Å². The number of unbranched alkanes of at least 4 members (excludes halogenated alkanes) is 2.